The van der Waals surface area contributed by atoms with Crippen molar-refractivity contribution in [2.24, 2.45) is 13.0 Å². The molecule has 1 aromatic heterocycles. The lowest BCUT2D eigenvalue weighted by Crippen LogP contribution is -2.46. The van der Waals surface area contributed by atoms with E-state index in [1.807, 2.05) is 52.2 Å². The molecular weight excluding hydrogens is 216 g/mol. The van der Waals surface area contributed by atoms with Gasteiger partial charge in [0.05, 0.1) is 18.3 Å². The van der Waals surface area contributed by atoms with Crippen molar-refractivity contribution in [1.82, 2.24) is 20.0 Å². The van der Waals surface area contributed by atoms with Crippen molar-refractivity contribution in [2.45, 2.75) is 26.4 Å². The molecule has 1 amide bonds. The molecule has 1 rings (SSSR count). The van der Waals surface area contributed by atoms with Gasteiger partial charge in [-0.1, -0.05) is 13.8 Å². The molecule has 1 N–H and O–H groups in total. The van der Waals surface area contributed by atoms with E-state index in [1.165, 1.54) is 0 Å². The Labute approximate surface area is 103 Å². The molecule has 0 saturated heterocycles. The summed E-state index contributed by atoms with van der Waals surface area (Å²) in [6, 6.07) is 1.80. The molecule has 0 unspecified atom stereocenters. The van der Waals surface area contributed by atoms with Gasteiger partial charge >= 0.3 is 0 Å². The normalized spacial score (nSPS) is 13.1. The van der Waals surface area contributed by atoms with E-state index in [9.17, 15) is 4.79 Å². The lowest BCUT2D eigenvalue weighted by molar-refractivity contribution is -0.127. The van der Waals surface area contributed by atoms with Gasteiger partial charge in [0, 0.05) is 13.2 Å². The van der Waals surface area contributed by atoms with Crippen LogP contribution in [0.5, 0.6) is 0 Å². The third-order valence-corrected chi connectivity index (χ3v) is 2.67. The second kappa shape index (κ2) is 5.82. The predicted octanol–water partition coefficient (Wildman–Crippen LogP) is 0.622. The summed E-state index contributed by atoms with van der Waals surface area (Å²) in [7, 11) is 5.71. The van der Waals surface area contributed by atoms with Crippen LogP contribution in [0.15, 0.2) is 12.3 Å². The summed E-state index contributed by atoms with van der Waals surface area (Å²) in [5.74, 6) is 0.337. The van der Waals surface area contributed by atoms with Crippen LogP contribution < -0.4 is 5.32 Å². The second-order valence-corrected chi connectivity index (χ2v) is 4.85. The van der Waals surface area contributed by atoms with Gasteiger partial charge in [0.1, 0.15) is 0 Å². The van der Waals surface area contributed by atoms with Crippen molar-refractivity contribution in [3.63, 3.8) is 0 Å². The SMILES string of the molecule is CC(C)[C@@H](C(=O)NCc1ccn(C)n1)N(C)C. The number of likely N-dealkylation sites (N-methyl/N-ethyl adjacent to an activating group) is 1. The molecule has 1 aromatic rings. The molecule has 96 valence electrons. The number of hydrogen-bond donors (Lipinski definition) is 1. The van der Waals surface area contributed by atoms with Crippen molar-refractivity contribution in [3.8, 4) is 0 Å². The first-order chi connectivity index (χ1) is 7.91. The van der Waals surface area contributed by atoms with Gasteiger partial charge in [0.2, 0.25) is 5.91 Å². The Kier molecular flexibility index (Phi) is 4.69. The van der Waals surface area contributed by atoms with Crippen LogP contribution in [-0.4, -0.2) is 40.7 Å². The van der Waals surface area contributed by atoms with Crippen LogP contribution in [0.4, 0.5) is 0 Å². The van der Waals surface area contributed by atoms with Crippen molar-refractivity contribution in [2.75, 3.05) is 14.1 Å². The topological polar surface area (TPSA) is 50.2 Å². The number of hydrogen-bond acceptors (Lipinski definition) is 3. The van der Waals surface area contributed by atoms with Gasteiger partial charge < -0.3 is 5.32 Å². The highest BCUT2D eigenvalue weighted by molar-refractivity contribution is 5.81. The Balaban J connectivity index is 2.53. The van der Waals surface area contributed by atoms with E-state index >= 15 is 0 Å². The zero-order valence-corrected chi connectivity index (χ0v) is 11.3. The zero-order chi connectivity index (χ0) is 13.0. The van der Waals surface area contributed by atoms with E-state index in [0.717, 1.165) is 5.69 Å². The lowest BCUT2D eigenvalue weighted by atomic mass is 10.0. The fourth-order valence-corrected chi connectivity index (χ4v) is 1.97. The maximum atomic E-state index is 12.0. The molecule has 0 radical (unpaired) electrons. The molecule has 5 nitrogen and oxygen atoms in total. The molecule has 0 saturated carbocycles. The highest BCUT2D eigenvalue weighted by Gasteiger charge is 2.23. The first-order valence-electron chi connectivity index (χ1n) is 5.84. The summed E-state index contributed by atoms with van der Waals surface area (Å²) in [5, 5.41) is 7.14. The summed E-state index contributed by atoms with van der Waals surface area (Å²) in [6.45, 7) is 4.58. The summed E-state index contributed by atoms with van der Waals surface area (Å²) < 4.78 is 1.73. The van der Waals surface area contributed by atoms with Crippen LogP contribution in [0, 0.1) is 5.92 Å². The Morgan fingerprint density at radius 2 is 2.18 bits per heavy atom. The number of nitrogens with zero attached hydrogens (tertiary/aromatic N) is 3. The van der Waals surface area contributed by atoms with E-state index in [-0.39, 0.29) is 17.9 Å². The molecule has 1 atom stereocenters. The minimum Gasteiger partial charge on any atom is -0.349 e. The Morgan fingerprint density at radius 3 is 2.59 bits per heavy atom. The maximum absolute atomic E-state index is 12.0. The van der Waals surface area contributed by atoms with Crippen molar-refractivity contribution < 1.29 is 4.79 Å². The monoisotopic (exact) mass is 238 g/mol. The van der Waals surface area contributed by atoms with Gasteiger partial charge in [-0.3, -0.25) is 14.4 Å². The molecule has 0 aliphatic heterocycles. The minimum absolute atomic E-state index is 0.0515. The van der Waals surface area contributed by atoms with Crippen LogP contribution >= 0.6 is 0 Å². The average Bonchev–Trinajstić information content (AvgIpc) is 2.60. The van der Waals surface area contributed by atoms with Crippen molar-refractivity contribution >= 4 is 5.91 Å². The molecule has 0 bridgehead atoms. The Hall–Kier alpha value is -1.36. The zero-order valence-electron chi connectivity index (χ0n) is 11.3. The molecular formula is C12H22N4O. The standard InChI is InChI=1S/C12H22N4O/c1-9(2)11(15(3)4)12(17)13-8-10-6-7-16(5)14-10/h6-7,9,11H,8H2,1-5H3,(H,13,17)/t11-/m0/s1. The van der Waals surface area contributed by atoms with Gasteiger partial charge in [-0.05, 0) is 26.1 Å². The fourth-order valence-electron chi connectivity index (χ4n) is 1.97. The first-order valence-corrected chi connectivity index (χ1v) is 5.84. The number of nitrogens with one attached hydrogen (secondary N) is 1. The predicted molar refractivity (Wildman–Crippen MR) is 67.4 cm³/mol. The smallest absolute Gasteiger partial charge is 0.237 e. The number of amides is 1. The van der Waals surface area contributed by atoms with Crippen molar-refractivity contribution in [3.05, 3.63) is 18.0 Å². The van der Waals surface area contributed by atoms with E-state index in [4.69, 9.17) is 0 Å². The highest BCUT2D eigenvalue weighted by atomic mass is 16.2. The Bertz CT molecular complexity index is 362. The number of aryl methyl sites for hydroxylation is 1. The second-order valence-electron chi connectivity index (χ2n) is 4.85. The molecule has 0 spiro atoms. The number of aromatic nitrogens is 2. The summed E-state index contributed by atoms with van der Waals surface area (Å²) in [5.41, 5.74) is 0.877. The molecule has 17 heavy (non-hydrogen) atoms. The number of rotatable bonds is 5. The first kappa shape index (κ1) is 13.7. The molecule has 0 aromatic carbocycles. The maximum Gasteiger partial charge on any atom is 0.237 e. The molecule has 1 heterocycles. The van der Waals surface area contributed by atoms with Gasteiger partial charge in [-0.15, -0.1) is 0 Å². The van der Waals surface area contributed by atoms with E-state index < -0.39 is 0 Å². The largest absolute Gasteiger partial charge is 0.349 e. The van der Waals surface area contributed by atoms with Crippen LogP contribution in [-0.2, 0) is 18.4 Å². The third-order valence-electron chi connectivity index (χ3n) is 2.67. The number of carbonyl (C=O) groups excluding carboxylic acids is 1. The van der Waals surface area contributed by atoms with Gasteiger partial charge in [0.25, 0.3) is 0 Å². The Morgan fingerprint density at radius 1 is 1.53 bits per heavy atom. The molecule has 0 aliphatic carbocycles. The minimum atomic E-state index is -0.0984. The molecule has 5 heteroatoms. The van der Waals surface area contributed by atoms with Crippen molar-refractivity contribution in [1.29, 1.82) is 0 Å². The van der Waals surface area contributed by atoms with Gasteiger partial charge in [-0.25, -0.2) is 0 Å². The third kappa shape index (κ3) is 3.85. The van der Waals surface area contributed by atoms with E-state index in [2.05, 4.69) is 10.4 Å². The van der Waals surface area contributed by atoms with Gasteiger partial charge in [-0.2, -0.15) is 5.10 Å². The van der Waals surface area contributed by atoms with Crippen LogP contribution in [0.25, 0.3) is 0 Å². The summed E-state index contributed by atoms with van der Waals surface area (Å²) >= 11 is 0. The number of carbonyl (C=O) groups is 1. The quantitative estimate of drug-likeness (QED) is 0.818. The highest BCUT2D eigenvalue weighted by Crippen LogP contribution is 2.07. The summed E-state index contributed by atoms with van der Waals surface area (Å²) in [4.78, 5) is 14.0. The van der Waals surface area contributed by atoms with Crippen LogP contribution in [0.1, 0.15) is 19.5 Å². The van der Waals surface area contributed by atoms with E-state index in [1.54, 1.807) is 4.68 Å². The molecule has 0 aliphatic rings. The van der Waals surface area contributed by atoms with Gasteiger partial charge in [0.15, 0.2) is 0 Å². The average molecular weight is 238 g/mol. The van der Waals surface area contributed by atoms with Crippen LogP contribution in [0.2, 0.25) is 0 Å². The van der Waals surface area contributed by atoms with E-state index in [0.29, 0.717) is 6.54 Å². The fraction of sp³-hybridized carbons (Fsp3) is 0.667. The summed E-state index contributed by atoms with van der Waals surface area (Å²) in [6.07, 6.45) is 1.87. The lowest BCUT2D eigenvalue weighted by Gasteiger charge is -2.26. The van der Waals surface area contributed by atoms with Crippen LogP contribution in [0.3, 0.4) is 0 Å². The molecule has 0 fully saturated rings.